The van der Waals surface area contributed by atoms with Crippen LogP contribution < -0.4 is 5.32 Å². The Morgan fingerprint density at radius 1 is 1.21 bits per heavy atom. The summed E-state index contributed by atoms with van der Waals surface area (Å²) >= 11 is 0. The van der Waals surface area contributed by atoms with Gasteiger partial charge in [-0.15, -0.1) is 0 Å². The number of hydrogen-bond acceptors (Lipinski definition) is 3. The van der Waals surface area contributed by atoms with Crippen molar-refractivity contribution in [2.45, 2.75) is 32.9 Å². The maximum atomic E-state index is 13.3. The van der Waals surface area contributed by atoms with Crippen molar-refractivity contribution >= 4 is 22.6 Å². The van der Waals surface area contributed by atoms with Crippen molar-refractivity contribution in [3.63, 3.8) is 0 Å². The monoisotopic (exact) mass is 386 g/mol. The number of carbonyl (C=O) groups is 1. The Balaban J connectivity index is 1.90. The number of fused-ring (bicyclic) bond motifs is 1. The normalized spacial score (nSPS) is 11.4. The molecule has 7 heteroatoms. The molecule has 2 aromatic carbocycles. The second kappa shape index (κ2) is 7.39. The molecule has 0 unspecified atom stereocenters. The standard InChI is InChI=1S/C21H17F3N2O2/c1-3-4-13-5-7-15(10-17(13)21(22,23)24)26-20(27)14-6-8-16-12(2)19(11-25)28-18(16)9-14/h5-10H,3-4H2,1-2H3,(H,26,27). The van der Waals surface area contributed by atoms with Crippen LogP contribution in [0.1, 0.15) is 46.2 Å². The molecule has 0 fully saturated rings. The van der Waals surface area contributed by atoms with Gasteiger partial charge in [-0.2, -0.15) is 18.4 Å². The largest absolute Gasteiger partial charge is 0.445 e. The number of hydrogen-bond donors (Lipinski definition) is 1. The van der Waals surface area contributed by atoms with E-state index < -0.39 is 17.6 Å². The van der Waals surface area contributed by atoms with Crippen LogP contribution in [0.3, 0.4) is 0 Å². The quantitative estimate of drug-likeness (QED) is 0.613. The molecule has 0 bridgehead atoms. The highest BCUT2D eigenvalue weighted by atomic mass is 19.4. The molecule has 1 N–H and O–H groups in total. The summed E-state index contributed by atoms with van der Waals surface area (Å²) in [6, 6.07) is 10.4. The van der Waals surface area contributed by atoms with Crippen LogP contribution >= 0.6 is 0 Å². The third kappa shape index (κ3) is 3.72. The van der Waals surface area contributed by atoms with Crippen LogP contribution in [0.25, 0.3) is 11.0 Å². The zero-order chi connectivity index (χ0) is 20.5. The summed E-state index contributed by atoms with van der Waals surface area (Å²) in [6.07, 6.45) is -3.61. The first kappa shape index (κ1) is 19.5. The van der Waals surface area contributed by atoms with Gasteiger partial charge in [0.05, 0.1) is 5.56 Å². The van der Waals surface area contributed by atoms with E-state index in [4.69, 9.17) is 9.68 Å². The second-order valence-corrected chi connectivity index (χ2v) is 6.45. The molecule has 3 rings (SSSR count). The number of nitriles is 1. The first-order chi connectivity index (χ1) is 13.2. The van der Waals surface area contributed by atoms with Gasteiger partial charge < -0.3 is 9.73 Å². The number of nitrogens with one attached hydrogen (secondary N) is 1. The van der Waals surface area contributed by atoms with E-state index >= 15 is 0 Å². The van der Waals surface area contributed by atoms with Crippen molar-refractivity contribution in [1.29, 1.82) is 5.26 Å². The summed E-state index contributed by atoms with van der Waals surface area (Å²) in [5.41, 5.74) is 0.775. The molecular weight excluding hydrogens is 369 g/mol. The lowest BCUT2D eigenvalue weighted by Gasteiger charge is -2.14. The smallest absolute Gasteiger partial charge is 0.416 e. The highest BCUT2D eigenvalue weighted by molar-refractivity contribution is 6.06. The number of amides is 1. The van der Waals surface area contributed by atoms with Gasteiger partial charge in [0.25, 0.3) is 5.91 Å². The topological polar surface area (TPSA) is 66.0 Å². The van der Waals surface area contributed by atoms with Crippen molar-refractivity contribution in [2.24, 2.45) is 0 Å². The third-order valence-corrected chi connectivity index (χ3v) is 4.49. The SMILES string of the molecule is CCCc1ccc(NC(=O)c2ccc3c(C)c(C#N)oc3c2)cc1C(F)(F)F. The summed E-state index contributed by atoms with van der Waals surface area (Å²) in [5, 5.41) is 12.2. The molecule has 0 aliphatic carbocycles. The number of halogens is 3. The van der Waals surface area contributed by atoms with Crippen molar-refractivity contribution in [3.8, 4) is 6.07 Å². The van der Waals surface area contributed by atoms with Gasteiger partial charge in [-0.3, -0.25) is 4.79 Å². The minimum absolute atomic E-state index is 0.0608. The molecular formula is C21H17F3N2O2. The molecule has 0 atom stereocenters. The molecule has 1 amide bonds. The molecule has 1 heterocycles. The Morgan fingerprint density at radius 2 is 1.96 bits per heavy atom. The number of furan rings is 1. The number of rotatable bonds is 4. The van der Waals surface area contributed by atoms with E-state index in [2.05, 4.69) is 5.32 Å². The molecule has 0 aliphatic rings. The maximum absolute atomic E-state index is 13.3. The van der Waals surface area contributed by atoms with Gasteiger partial charge in [-0.1, -0.05) is 25.5 Å². The minimum Gasteiger partial charge on any atom is -0.445 e. The van der Waals surface area contributed by atoms with Crippen LogP contribution in [0, 0.1) is 18.3 Å². The molecule has 4 nitrogen and oxygen atoms in total. The highest BCUT2D eigenvalue weighted by Gasteiger charge is 2.33. The average Bonchev–Trinajstić information content (AvgIpc) is 2.97. The van der Waals surface area contributed by atoms with E-state index in [-0.39, 0.29) is 22.6 Å². The van der Waals surface area contributed by atoms with Gasteiger partial charge in [0, 0.05) is 22.2 Å². The van der Waals surface area contributed by atoms with Gasteiger partial charge in [0.2, 0.25) is 5.76 Å². The third-order valence-electron chi connectivity index (χ3n) is 4.49. The molecule has 0 saturated carbocycles. The average molecular weight is 386 g/mol. The van der Waals surface area contributed by atoms with Gasteiger partial charge in [-0.25, -0.2) is 0 Å². The predicted molar refractivity (Wildman–Crippen MR) is 99.1 cm³/mol. The predicted octanol–water partition coefficient (Wildman–Crippen LogP) is 5.84. The van der Waals surface area contributed by atoms with Gasteiger partial charge >= 0.3 is 6.18 Å². The number of carbonyl (C=O) groups excluding carboxylic acids is 1. The zero-order valence-electron chi connectivity index (χ0n) is 15.3. The van der Waals surface area contributed by atoms with E-state index in [0.717, 1.165) is 6.07 Å². The van der Waals surface area contributed by atoms with Crippen LogP contribution in [0.5, 0.6) is 0 Å². The number of aryl methyl sites for hydroxylation is 2. The maximum Gasteiger partial charge on any atom is 0.416 e. The molecule has 3 aromatic rings. The fourth-order valence-corrected chi connectivity index (χ4v) is 3.08. The molecule has 0 radical (unpaired) electrons. The number of benzene rings is 2. The molecule has 0 aliphatic heterocycles. The van der Waals surface area contributed by atoms with Crippen molar-refractivity contribution in [1.82, 2.24) is 0 Å². The van der Waals surface area contributed by atoms with E-state index in [0.29, 0.717) is 29.4 Å². The summed E-state index contributed by atoms with van der Waals surface area (Å²) in [4.78, 5) is 12.5. The van der Waals surface area contributed by atoms with Crippen molar-refractivity contribution in [2.75, 3.05) is 5.32 Å². The van der Waals surface area contributed by atoms with Crippen LogP contribution in [-0.4, -0.2) is 5.91 Å². The lowest BCUT2D eigenvalue weighted by atomic mass is 10.0. The first-order valence-corrected chi connectivity index (χ1v) is 8.69. The summed E-state index contributed by atoms with van der Waals surface area (Å²) in [7, 11) is 0. The van der Waals surface area contributed by atoms with E-state index in [1.165, 1.54) is 24.3 Å². The summed E-state index contributed by atoms with van der Waals surface area (Å²) in [5.74, 6) is -0.403. The van der Waals surface area contributed by atoms with Crippen molar-refractivity contribution in [3.05, 3.63) is 64.4 Å². The van der Waals surface area contributed by atoms with Crippen LogP contribution in [-0.2, 0) is 12.6 Å². The van der Waals surface area contributed by atoms with Crippen LogP contribution in [0.2, 0.25) is 0 Å². The summed E-state index contributed by atoms with van der Waals surface area (Å²) < 4.78 is 45.3. The van der Waals surface area contributed by atoms with Gasteiger partial charge in [-0.05, 0) is 43.2 Å². The summed E-state index contributed by atoms with van der Waals surface area (Å²) in [6.45, 7) is 3.54. The van der Waals surface area contributed by atoms with Crippen LogP contribution in [0.4, 0.5) is 18.9 Å². The minimum atomic E-state index is -4.50. The molecule has 0 spiro atoms. The fourth-order valence-electron chi connectivity index (χ4n) is 3.08. The number of nitrogens with zero attached hydrogens (tertiary/aromatic N) is 1. The Morgan fingerprint density at radius 3 is 2.61 bits per heavy atom. The van der Waals surface area contributed by atoms with E-state index in [1.807, 2.05) is 6.07 Å². The Labute approximate surface area is 159 Å². The second-order valence-electron chi connectivity index (χ2n) is 6.45. The number of alkyl halides is 3. The highest BCUT2D eigenvalue weighted by Crippen LogP contribution is 2.34. The van der Waals surface area contributed by atoms with Crippen LogP contribution in [0.15, 0.2) is 40.8 Å². The molecule has 28 heavy (non-hydrogen) atoms. The Bertz CT molecular complexity index is 1090. The Kier molecular flexibility index (Phi) is 5.14. The van der Waals surface area contributed by atoms with E-state index in [9.17, 15) is 18.0 Å². The number of anilines is 1. The zero-order valence-corrected chi connectivity index (χ0v) is 15.3. The van der Waals surface area contributed by atoms with E-state index in [1.54, 1.807) is 19.9 Å². The molecule has 144 valence electrons. The molecule has 0 saturated heterocycles. The first-order valence-electron chi connectivity index (χ1n) is 8.69. The fraction of sp³-hybridized carbons (Fsp3) is 0.238. The van der Waals surface area contributed by atoms with Gasteiger partial charge in [0.15, 0.2) is 0 Å². The van der Waals surface area contributed by atoms with Crippen molar-refractivity contribution < 1.29 is 22.4 Å². The molecule has 1 aromatic heterocycles. The Hall–Kier alpha value is -3.27. The lowest BCUT2D eigenvalue weighted by Crippen LogP contribution is -2.14. The van der Waals surface area contributed by atoms with Gasteiger partial charge in [0.1, 0.15) is 11.7 Å². The lowest BCUT2D eigenvalue weighted by molar-refractivity contribution is -0.138.